The Morgan fingerprint density at radius 2 is 1.78 bits per heavy atom. The highest BCUT2D eigenvalue weighted by molar-refractivity contribution is 5.92. The lowest BCUT2D eigenvalue weighted by Crippen LogP contribution is -2.20. The molecule has 0 radical (unpaired) electrons. The molecule has 3 aromatic rings. The normalized spacial score (nSPS) is 10.8. The van der Waals surface area contributed by atoms with Crippen molar-refractivity contribution in [3.05, 3.63) is 99.1 Å². The van der Waals surface area contributed by atoms with Gasteiger partial charge in [-0.3, -0.25) is 14.9 Å². The second kappa shape index (κ2) is 10.0. The molecule has 1 amide bonds. The molecule has 0 saturated heterocycles. The first-order chi connectivity index (χ1) is 15.4. The van der Waals surface area contributed by atoms with Crippen molar-refractivity contribution >= 4 is 28.9 Å². The number of nitriles is 1. The Kier molecular flexibility index (Phi) is 6.99. The third kappa shape index (κ3) is 5.80. The van der Waals surface area contributed by atoms with E-state index >= 15 is 0 Å². The molecular weight excluding hydrogens is 406 g/mol. The SMILES string of the molecule is Cc1ccc(NC(=O)COc2ccc(/C=C(\C#N)c3ccc([N+](=O)[O-])cc3)cc2)c(C)c1. The number of non-ortho nitro benzene ring substituents is 1. The fourth-order valence-electron chi connectivity index (χ4n) is 3.06. The van der Waals surface area contributed by atoms with Crippen LogP contribution in [-0.2, 0) is 4.79 Å². The molecule has 0 saturated carbocycles. The Morgan fingerprint density at radius 1 is 1.09 bits per heavy atom. The number of nitrogens with one attached hydrogen (secondary N) is 1. The highest BCUT2D eigenvalue weighted by Crippen LogP contribution is 2.22. The van der Waals surface area contributed by atoms with Gasteiger partial charge >= 0.3 is 0 Å². The van der Waals surface area contributed by atoms with Crippen LogP contribution in [0.15, 0.2) is 66.7 Å². The predicted molar refractivity (Wildman–Crippen MR) is 123 cm³/mol. The molecule has 0 unspecified atom stereocenters. The number of amides is 1. The molecule has 160 valence electrons. The maximum atomic E-state index is 12.2. The van der Waals surface area contributed by atoms with E-state index in [2.05, 4.69) is 11.4 Å². The minimum atomic E-state index is -0.486. The number of hydrogen-bond acceptors (Lipinski definition) is 5. The minimum Gasteiger partial charge on any atom is -0.484 e. The van der Waals surface area contributed by atoms with E-state index in [4.69, 9.17) is 4.74 Å². The molecule has 0 heterocycles. The molecular formula is C25H21N3O4. The van der Waals surface area contributed by atoms with Crippen LogP contribution in [0.2, 0.25) is 0 Å². The van der Waals surface area contributed by atoms with Gasteiger partial charge in [0.05, 0.1) is 16.6 Å². The number of nitrogens with zero attached hydrogens (tertiary/aromatic N) is 2. The number of anilines is 1. The van der Waals surface area contributed by atoms with Gasteiger partial charge in [0, 0.05) is 17.8 Å². The zero-order valence-electron chi connectivity index (χ0n) is 17.7. The molecule has 3 rings (SSSR count). The van der Waals surface area contributed by atoms with Gasteiger partial charge < -0.3 is 10.1 Å². The summed E-state index contributed by atoms with van der Waals surface area (Å²) >= 11 is 0. The number of rotatable bonds is 7. The van der Waals surface area contributed by atoms with Crippen LogP contribution in [0.4, 0.5) is 11.4 Å². The van der Waals surface area contributed by atoms with Gasteiger partial charge in [-0.15, -0.1) is 0 Å². The van der Waals surface area contributed by atoms with E-state index in [9.17, 15) is 20.2 Å². The highest BCUT2D eigenvalue weighted by atomic mass is 16.6. The number of benzene rings is 3. The van der Waals surface area contributed by atoms with Gasteiger partial charge in [-0.1, -0.05) is 29.8 Å². The van der Waals surface area contributed by atoms with Crippen molar-refractivity contribution in [2.24, 2.45) is 0 Å². The Bertz CT molecular complexity index is 1210. The number of aryl methyl sites for hydroxylation is 2. The summed E-state index contributed by atoms with van der Waals surface area (Å²) in [6.45, 7) is 3.79. The molecule has 0 aliphatic carbocycles. The summed E-state index contributed by atoms with van der Waals surface area (Å²) in [5, 5.41) is 23.1. The summed E-state index contributed by atoms with van der Waals surface area (Å²) in [4.78, 5) is 22.5. The monoisotopic (exact) mass is 427 g/mol. The number of hydrogen-bond donors (Lipinski definition) is 1. The molecule has 7 heteroatoms. The summed E-state index contributed by atoms with van der Waals surface area (Å²) in [5.74, 6) is 0.262. The summed E-state index contributed by atoms with van der Waals surface area (Å²) in [6.07, 6.45) is 1.68. The molecule has 0 aliphatic rings. The van der Waals surface area contributed by atoms with Gasteiger partial charge in [-0.2, -0.15) is 5.26 Å². The number of carbonyl (C=O) groups excluding carboxylic acids is 1. The van der Waals surface area contributed by atoms with Crippen molar-refractivity contribution in [1.82, 2.24) is 0 Å². The lowest BCUT2D eigenvalue weighted by molar-refractivity contribution is -0.384. The second-order valence-electron chi connectivity index (χ2n) is 7.20. The van der Waals surface area contributed by atoms with Gasteiger partial charge in [0.1, 0.15) is 5.75 Å². The molecule has 0 spiro atoms. The molecule has 0 atom stereocenters. The molecule has 7 nitrogen and oxygen atoms in total. The van der Waals surface area contributed by atoms with Crippen molar-refractivity contribution in [2.75, 3.05) is 11.9 Å². The number of carbonyl (C=O) groups is 1. The Balaban J connectivity index is 1.62. The zero-order chi connectivity index (χ0) is 23.1. The van der Waals surface area contributed by atoms with Crippen LogP contribution in [0.3, 0.4) is 0 Å². The molecule has 0 fully saturated rings. The third-order valence-electron chi connectivity index (χ3n) is 4.73. The van der Waals surface area contributed by atoms with Gasteiger partial charge in [-0.25, -0.2) is 0 Å². The van der Waals surface area contributed by atoms with E-state index < -0.39 is 4.92 Å². The summed E-state index contributed by atoms with van der Waals surface area (Å²) in [5.41, 5.74) is 4.54. The third-order valence-corrected chi connectivity index (χ3v) is 4.73. The standard InChI is InChI=1S/C25H21N3O4/c1-17-3-12-24(18(2)13-17)27-25(29)16-32-23-10-4-19(5-11-23)14-21(15-26)20-6-8-22(9-7-20)28(30)31/h3-14H,16H2,1-2H3,(H,27,29)/b21-14+. The first-order valence-corrected chi connectivity index (χ1v) is 9.82. The van der Waals surface area contributed by atoms with Crippen molar-refractivity contribution in [3.8, 4) is 11.8 Å². The van der Waals surface area contributed by atoms with Crippen LogP contribution in [0.5, 0.6) is 5.75 Å². The predicted octanol–water partition coefficient (Wildman–Crippen LogP) is 5.29. The van der Waals surface area contributed by atoms with Crippen molar-refractivity contribution in [2.45, 2.75) is 13.8 Å². The molecule has 0 aliphatic heterocycles. The number of nitro benzene ring substituents is 1. The van der Waals surface area contributed by atoms with E-state index in [1.807, 2.05) is 32.0 Å². The first kappa shape index (κ1) is 22.2. The Hall–Kier alpha value is -4.44. The van der Waals surface area contributed by atoms with E-state index in [1.165, 1.54) is 12.1 Å². The highest BCUT2D eigenvalue weighted by Gasteiger charge is 2.08. The van der Waals surface area contributed by atoms with E-state index in [0.717, 1.165) is 22.4 Å². The fraction of sp³-hybridized carbons (Fsp3) is 0.120. The van der Waals surface area contributed by atoms with Crippen LogP contribution >= 0.6 is 0 Å². The lowest BCUT2D eigenvalue weighted by atomic mass is 10.0. The summed E-state index contributed by atoms with van der Waals surface area (Å²) in [7, 11) is 0. The summed E-state index contributed by atoms with van der Waals surface area (Å²) in [6, 6.07) is 20.6. The number of ether oxygens (including phenoxy) is 1. The van der Waals surface area contributed by atoms with Gasteiger partial charge in [-0.05, 0) is 66.9 Å². The summed E-state index contributed by atoms with van der Waals surface area (Å²) < 4.78 is 5.55. The van der Waals surface area contributed by atoms with Crippen molar-refractivity contribution in [3.63, 3.8) is 0 Å². The maximum absolute atomic E-state index is 12.2. The minimum absolute atomic E-state index is 0.0332. The second-order valence-corrected chi connectivity index (χ2v) is 7.20. The van der Waals surface area contributed by atoms with Crippen LogP contribution < -0.4 is 10.1 Å². The van der Waals surface area contributed by atoms with Crippen LogP contribution in [0.1, 0.15) is 22.3 Å². The average molecular weight is 427 g/mol. The van der Waals surface area contributed by atoms with E-state index in [-0.39, 0.29) is 18.2 Å². The average Bonchev–Trinajstić information content (AvgIpc) is 2.79. The number of allylic oxidation sites excluding steroid dienone is 1. The maximum Gasteiger partial charge on any atom is 0.269 e. The topological polar surface area (TPSA) is 105 Å². The molecule has 0 bridgehead atoms. The van der Waals surface area contributed by atoms with E-state index in [0.29, 0.717) is 16.9 Å². The molecule has 32 heavy (non-hydrogen) atoms. The van der Waals surface area contributed by atoms with Crippen LogP contribution in [0, 0.1) is 35.3 Å². The smallest absolute Gasteiger partial charge is 0.269 e. The lowest BCUT2D eigenvalue weighted by Gasteiger charge is -2.10. The Morgan fingerprint density at radius 3 is 2.38 bits per heavy atom. The molecule has 1 N–H and O–H groups in total. The van der Waals surface area contributed by atoms with Crippen molar-refractivity contribution < 1.29 is 14.5 Å². The quantitative estimate of drug-likeness (QED) is 0.239. The van der Waals surface area contributed by atoms with Crippen LogP contribution in [-0.4, -0.2) is 17.4 Å². The van der Waals surface area contributed by atoms with Gasteiger partial charge in [0.2, 0.25) is 0 Å². The Labute approximate surface area is 185 Å². The van der Waals surface area contributed by atoms with Crippen LogP contribution in [0.25, 0.3) is 11.6 Å². The number of nitro groups is 1. The van der Waals surface area contributed by atoms with Crippen molar-refractivity contribution in [1.29, 1.82) is 5.26 Å². The molecule has 3 aromatic carbocycles. The van der Waals surface area contributed by atoms with Gasteiger partial charge in [0.25, 0.3) is 11.6 Å². The molecule has 0 aromatic heterocycles. The first-order valence-electron chi connectivity index (χ1n) is 9.82. The zero-order valence-corrected chi connectivity index (χ0v) is 17.7. The van der Waals surface area contributed by atoms with Gasteiger partial charge in [0.15, 0.2) is 6.61 Å². The fourth-order valence-corrected chi connectivity index (χ4v) is 3.06. The largest absolute Gasteiger partial charge is 0.484 e. The van der Waals surface area contributed by atoms with E-state index in [1.54, 1.807) is 42.5 Å².